The fraction of sp³-hybridized carbons (Fsp3) is 0.600. The van der Waals surface area contributed by atoms with Crippen LogP contribution in [0.3, 0.4) is 0 Å². The number of hydrogen-bond donors (Lipinski definition) is 1. The van der Waals surface area contributed by atoms with Crippen molar-refractivity contribution in [2.24, 2.45) is 5.73 Å². The summed E-state index contributed by atoms with van der Waals surface area (Å²) >= 11 is 0. The molecule has 1 aliphatic heterocycles. The molecule has 1 aromatic heterocycles. The zero-order chi connectivity index (χ0) is 10.7. The third-order valence-corrected chi connectivity index (χ3v) is 2.55. The number of aromatic nitrogens is 2. The lowest BCUT2D eigenvalue weighted by atomic mass is 10.3. The Balaban J connectivity index is 2.13. The SMILES string of the molecule is CC1COCCN1c1ncc(CN)cn1. The van der Waals surface area contributed by atoms with Crippen molar-refractivity contribution in [3.63, 3.8) is 0 Å². The highest BCUT2D eigenvalue weighted by Crippen LogP contribution is 2.14. The minimum absolute atomic E-state index is 0.336. The van der Waals surface area contributed by atoms with Gasteiger partial charge in [-0.05, 0) is 6.92 Å². The maximum Gasteiger partial charge on any atom is 0.225 e. The number of morpholine rings is 1. The van der Waals surface area contributed by atoms with Crippen molar-refractivity contribution in [3.05, 3.63) is 18.0 Å². The van der Waals surface area contributed by atoms with Crippen LogP contribution in [0, 0.1) is 0 Å². The molecule has 1 aliphatic rings. The topological polar surface area (TPSA) is 64.3 Å². The molecular formula is C10H16N4O. The van der Waals surface area contributed by atoms with Crippen molar-refractivity contribution in [1.29, 1.82) is 0 Å². The van der Waals surface area contributed by atoms with E-state index in [1.807, 2.05) is 0 Å². The first kappa shape index (κ1) is 10.3. The molecule has 2 heterocycles. The summed E-state index contributed by atoms with van der Waals surface area (Å²) in [7, 11) is 0. The molecule has 1 fully saturated rings. The van der Waals surface area contributed by atoms with E-state index in [2.05, 4.69) is 21.8 Å². The van der Waals surface area contributed by atoms with E-state index in [0.29, 0.717) is 12.6 Å². The summed E-state index contributed by atoms with van der Waals surface area (Å²) in [5, 5.41) is 0. The monoisotopic (exact) mass is 208 g/mol. The fourth-order valence-corrected chi connectivity index (χ4v) is 1.63. The zero-order valence-corrected chi connectivity index (χ0v) is 8.89. The molecule has 2 rings (SSSR count). The van der Waals surface area contributed by atoms with Gasteiger partial charge in [-0.2, -0.15) is 0 Å². The van der Waals surface area contributed by atoms with Crippen LogP contribution in [0.4, 0.5) is 5.95 Å². The van der Waals surface area contributed by atoms with Crippen molar-refractivity contribution in [1.82, 2.24) is 9.97 Å². The summed E-state index contributed by atoms with van der Waals surface area (Å²) in [5.41, 5.74) is 6.45. The van der Waals surface area contributed by atoms with Crippen LogP contribution in [0.5, 0.6) is 0 Å². The third kappa shape index (κ3) is 2.24. The van der Waals surface area contributed by atoms with Crippen molar-refractivity contribution in [2.75, 3.05) is 24.7 Å². The normalized spacial score (nSPS) is 21.7. The predicted molar refractivity (Wildman–Crippen MR) is 57.6 cm³/mol. The molecule has 0 bridgehead atoms. The van der Waals surface area contributed by atoms with Crippen LogP contribution >= 0.6 is 0 Å². The molecule has 1 unspecified atom stereocenters. The average Bonchev–Trinajstić information content (AvgIpc) is 2.30. The van der Waals surface area contributed by atoms with Gasteiger partial charge in [0.05, 0.1) is 19.3 Å². The second-order valence-electron chi connectivity index (χ2n) is 3.71. The van der Waals surface area contributed by atoms with E-state index >= 15 is 0 Å². The predicted octanol–water partition coefficient (Wildman–Crippen LogP) is 0.160. The van der Waals surface area contributed by atoms with Gasteiger partial charge in [-0.1, -0.05) is 0 Å². The number of anilines is 1. The van der Waals surface area contributed by atoms with Crippen LogP contribution in [0.1, 0.15) is 12.5 Å². The van der Waals surface area contributed by atoms with Gasteiger partial charge < -0.3 is 15.4 Å². The summed E-state index contributed by atoms with van der Waals surface area (Å²) < 4.78 is 5.36. The summed E-state index contributed by atoms with van der Waals surface area (Å²) in [5.74, 6) is 0.767. The first-order valence-electron chi connectivity index (χ1n) is 5.16. The molecule has 0 amide bonds. The van der Waals surface area contributed by atoms with Gasteiger partial charge in [-0.25, -0.2) is 9.97 Å². The van der Waals surface area contributed by atoms with Crippen molar-refractivity contribution >= 4 is 5.95 Å². The highest BCUT2D eigenvalue weighted by atomic mass is 16.5. The molecule has 0 radical (unpaired) electrons. The van der Waals surface area contributed by atoms with Crippen LogP contribution in [0.25, 0.3) is 0 Å². The largest absolute Gasteiger partial charge is 0.377 e. The van der Waals surface area contributed by atoms with E-state index in [1.165, 1.54) is 0 Å². The summed E-state index contributed by atoms with van der Waals surface area (Å²) in [6.07, 6.45) is 3.56. The van der Waals surface area contributed by atoms with E-state index in [0.717, 1.165) is 31.3 Å². The number of rotatable bonds is 2. The summed E-state index contributed by atoms with van der Waals surface area (Å²) in [6.45, 7) is 4.93. The summed E-state index contributed by atoms with van der Waals surface area (Å²) in [4.78, 5) is 10.8. The molecule has 1 atom stereocenters. The maximum atomic E-state index is 5.49. The Morgan fingerprint density at radius 2 is 2.27 bits per heavy atom. The number of nitrogens with zero attached hydrogens (tertiary/aromatic N) is 3. The Morgan fingerprint density at radius 3 is 2.87 bits per heavy atom. The molecule has 0 spiro atoms. The first-order valence-corrected chi connectivity index (χ1v) is 5.16. The van der Waals surface area contributed by atoms with Gasteiger partial charge in [0.1, 0.15) is 0 Å². The highest BCUT2D eigenvalue weighted by molar-refractivity contribution is 5.32. The molecule has 0 aromatic carbocycles. The van der Waals surface area contributed by atoms with E-state index in [1.54, 1.807) is 12.4 Å². The Labute approximate surface area is 89.3 Å². The quantitative estimate of drug-likeness (QED) is 0.750. The van der Waals surface area contributed by atoms with Crippen molar-refractivity contribution in [2.45, 2.75) is 19.5 Å². The van der Waals surface area contributed by atoms with Gasteiger partial charge in [0, 0.05) is 31.0 Å². The molecule has 82 valence electrons. The maximum absolute atomic E-state index is 5.49. The highest BCUT2D eigenvalue weighted by Gasteiger charge is 2.20. The van der Waals surface area contributed by atoms with E-state index in [-0.39, 0.29) is 0 Å². The van der Waals surface area contributed by atoms with E-state index < -0.39 is 0 Å². The van der Waals surface area contributed by atoms with E-state index in [4.69, 9.17) is 10.5 Å². The minimum atomic E-state index is 0.336. The molecular weight excluding hydrogens is 192 g/mol. The van der Waals surface area contributed by atoms with Crippen LogP contribution in [-0.4, -0.2) is 35.8 Å². The van der Waals surface area contributed by atoms with Gasteiger partial charge in [0.2, 0.25) is 5.95 Å². The Hall–Kier alpha value is -1.20. The molecule has 5 heteroatoms. The summed E-state index contributed by atoms with van der Waals surface area (Å²) in [6, 6.07) is 0.336. The smallest absolute Gasteiger partial charge is 0.225 e. The fourth-order valence-electron chi connectivity index (χ4n) is 1.63. The first-order chi connectivity index (χ1) is 7.31. The molecule has 5 nitrogen and oxygen atoms in total. The van der Waals surface area contributed by atoms with E-state index in [9.17, 15) is 0 Å². The number of nitrogens with two attached hydrogens (primary N) is 1. The van der Waals surface area contributed by atoms with Gasteiger partial charge in [0.15, 0.2) is 0 Å². The van der Waals surface area contributed by atoms with Crippen LogP contribution in [-0.2, 0) is 11.3 Å². The zero-order valence-electron chi connectivity index (χ0n) is 8.89. The van der Waals surface area contributed by atoms with Gasteiger partial charge in [-0.15, -0.1) is 0 Å². The second-order valence-corrected chi connectivity index (χ2v) is 3.71. The molecule has 1 saturated heterocycles. The van der Waals surface area contributed by atoms with Gasteiger partial charge in [0.25, 0.3) is 0 Å². The molecule has 2 N–H and O–H groups in total. The van der Waals surface area contributed by atoms with Gasteiger partial charge in [-0.3, -0.25) is 0 Å². The lowest BCUT2D eigenvalue weighted by Crippen LogP contribution is -2.44. The Kier molecular flexibility index (Phi) is 3.13. The second kappa shape index (κ2) is 4.55. The molecule has 15 heavy (non-hydrogen) atoms. The van der Waals surface area contributed by atoms with Crippen molar-refractivity contribution in [3.8, 4) is 0 Å². The molecule has 1 aromatic rings. The average molecular weight is 208 g/mol. The van der Waals surface area contributed by atoms with Crippen LogP contribution in [0.15, 0.2) is 12.4 Å². The standard InChI is InChI=1S/C10H16N4O/c1-8-7-15-3-2-14(8)10-12-5-9(4-11)6-13-10/h5-6,8H,2-4,7,11H2,1H3. The number of hydrogen-bond acceptors (Lipinski definition) is 5. The van der Waals surface area contributed by atoms with Crippen LogP contribution < -0.4 is 10.6 Å². The lowest BCUT2D eigenvalue weighted by Gasteiger charge is -2.33. The molecule has 0 aliphatic carbocycles. The van der Waals surface area contributed by atoms with Crippen LogP contribution in [0.2, 0.25) is 0 Å². The lowest BCUT2D eigenvalue weighted by molar-refractivity contribution is 0.0981. The number of ether oxygens (including phenoxy) is 1. The van der Waals surface area contributed by atoms with Gasteiger partial charge >= 0.3 is 0 Å². The minimum Gasteiger partial charge on any atom is -0.377 e. The molecule has 0 saturated carbocycles. The van der Waals surface area contributed by atoms with Crippen molar-refractivity contribution < 1.29 is 4.74 Å². The third-order valence-electron chi connectivity index (χ3n) is 2.55. The Morgan fingerprint density at radius 1 is 1.53 bits per heavy atom. The Bertz CT molecular complexity index is 314.